The van der Waals surface area contributed by atoms with Crippen LogP contribution >= 0.6 is 0 Å². The average molecular weight is 336 g/mol. The summed E-state index contributed by atoms with van der Waals surface area (Å²) in [6, 6.07) is 16.3. The summed E-state index contributed by atoms with van der Waals surface area (Å²) < 4.78 is 4.72. The lowest BCUT2D eigenvalue weighted by Crippen LogP contribution is -2.25. The number of rotatable bonds is 6. The number of Topliss-reactive ketones (excluding diaryl/α,β-unsaturated/α-hetero) is 1. The molecule has 1 amide bonds. The van der Waals surface area contributed by atoms with E-state index in [0.717, 1.165) is 0 Å². The van der Waals surface area contributed by atoms with Crippen LogP contribution in [0.4, 0.5) is 5.69 Å². The Hall–Kier alpha value is -3.46. The normalized spacial score (nSPS) is 11.0. The standard InChI is InChI=1S/C19H16N2O4/c1-2-25-19(24)16(12-20)17(22)13-8-10-15(11-9-13)21-18(23)14-6-4-3-5-7-14/h3-11,16H,2H2,1H3,(H,21,23). The predicted molar refractivity (Wildman–Crippen MR) is 90.9 cm³/mol. The zero-order valence-corrected chi connectivity index (χ0v) is 13.6. The summed E-state index contributed by atoms with van der Waals surface area (Å²) in [5.41, 5.74) is 1.20. The van der Waals surface area contributed by atoms with Crippen molar-refractivity contribution in [3.8, 4) is 6.07 Å². The third-order valence-electron chi connectivity index (χ3n) is 3.38. The highest BCUT2D eigenvalue weighted by Crippen LogP contribution is 2.15. The molecule has 126 valence electrons. The molecule has 0 spiro atoms. The molecular weight excluding hydrogens is 320 g/mol. The predicted octanol–water partition coefficient (Wildman–Crippen LogP) is 2.82. The van der Waals surface area contributed by atoms with E-state index in [4.69, 9.17) is 10.00 Å². The molecule has 0 aromatic heterocycles. The third kappa shape index (κ3) is 4.52. The van der Waals surface area contributed by atoms with Crippen LogP contribution in [0.15, 0.2) is 54.6 Å². The highest BCUT2D eigenvalue weighted by atomic mass is 16.5. The molecule has 2 aromatic carbocycles. The van der Waals surface area contributed by atoms with Crippen molar-refractivity contribution in [3.05, 3.63) is 65.7 Å². The van der Waals surface area contributed by atoms with E-state index in [-0.39, 0.29) is 18.1 Å². The Morgan fingerprint density at radius 2 is 1.68 bits per heavy atom. The van der Waals surface area contributed by atoms with Crippen LogP contribution in [0, 0.1) is 17.2 Å². The average Bonchev–Trinajstić information content (AvgIpc) is 2.63. The van der Waals surface area contributed by atoms with Crippen molar-refractivity contribution in [1.82, 2.24) is 0 Å². The fourth-order valence-electron chi connectivity index (χ4n) is 2.12. The van der Waals surface area contributed by atoms with Crippen LogP contribution in [0.5, 0.6) is 0 Å². The van der Waals surface area contributed by atoms with Crippen molar-refractivity contribution in [2.75, 3.05) is 11.9 Å². The van der Waals surface area contributed by atoms with E-state index in [1.165, 1.54) is 24.3 Å². The first kappa shape index (κ1) is 17.9. The van der Waals surface area contributed by atoms with Gasteiger partial charge in [-0.1, -0.05) is 18.2 Å². The van der Waals surface area contributed by atoms with E-state index in [1.54, 1.807) is 37.3 Å². The van der Waals surface area contributed by atoms with Gasteiger partial charge < -0.3 is 10.1 Å². The fraction of sp³-hybridized carbons (Fsp3) is 0.158. The first-order valence-electron chi connectivity index (χ1n) is 7.63. The number of hydrogen-bond acceptors (Lipinski definition) is 5. The van der Waals surface area contributed by atoms with E-state index >= 15 is 0 Å². The first-order valence-corrected chi connectivity index (χ1v) is 7.63. The highest BCUT2D eigenvalue weighted by molar-refractivity contribution is 6.11. The lowest BCUT2D eigenvalue weighted by atomic mass is 9.99. The largest absolute Gasteiger partial charge is 0.465 e. The summed E-state index contributed by atoms with van der Waals surface area (Å²) in [5, 5.41) is 11.7. The first-order chi connectivity index (χ1) is 12.1. The Balaban J connectivity index is 2.09. The minimum Gasteiger partial charge on any atom is -0.465 e. The van der Waals surface area contributed by atoms with Gasteiger partial charge >= 0.3 is 5.97 Å². The number of nitrogens with zero attached hydrogens (tertiary/aromatic N) is 1. The molecule has 2 rings (SSSR count). The zero-order valence-electron chi connectivity index (χ0n) is 13.6. The Bertz CT molecular complexity index is 808. The minimum absolute atomic E-state index is 0.0920. The van der Waals surface area contributed by atoms with Crippen molar-refractivity contribution >= 4 is 23.3 Å². The summed E-state index contributed by atoms with van der Waals surface area (Å²) in [5.74, 6) is -3.27. The number of amides is 1. The maximum absolute atomic E-state index is 12.2. The topological polar surface area (TPSA) is 96.3 Å². The smallest absolute Gasteiger partial charge is 0.331 e. The van der Waals surface area contributed by atoms with E-state index < -0.39 is 17.7 Å². The second-order valence-electron chi connectivity index (χ2n) is 5.08. The molecule has 1 N–H and O–H groups in total. The number of hydrogen-bond donors (Lipinski definition) is 1. The number of esters is 1. The summed E-state index contributed by atoms with van der Waals surface area (Å²) in [4.78, 5) is 35.9. The molecule has 2 aromatic rings. The van der Waals surface area contributed by atoms with Gasteiger partial charge in [-0.3, -0.25) is 14.4 Å². The van der Waals surface area contributed by atoms with Gasteiger partial charge in [-0.15, -0.1) is 0 Å². The van der Waals surface area contributed by atoms with Crippen LogP contribution in [-0.4, -0.2) is 24.3 Å². The number of carbonyl (C=O) groups excluding carboxylic acids is 3. The monoisotopic (exact) mass is 336 g/mol. The fourth-order valence-corrected chi connectivity index (χ4v) is 2.12. The van der Waals surface area contributed by atoms with Crippen molar-refractivity contribution < 1.29 is 19.1 Å². The molecule has 0 fully saturated rings. The number of nitriles is 1. The molecular formula is C19H16N2O4. The number of ketones is 1. The van der Waals surface area contributed by atoms with Crippen LogP contribution in [0.1, 0.15) is 27.6 Å². The lowest BCUT2D eigenvalue weighted by molar-refractivity contribution is -0.144. The molecule has 0 aliphatic heterocycles. The molecule has 1 atom stereocenters. The van der Waals surface area contributed by atoms with Crippen LogP contribution in [0.25, 0.3) is 0 Å². The SMILES string of the molecule is CCOC(=O)C(C#N)C(=O)c1ccc(NC(=O)c2ccccc2)cc1. The molecule has 25 heavy (non-hydrogen) atoms. The zero-order chi connectivity index (χ0) is 18.2. The van der Waals surface area contributed by atoms with E-state index in [2.05, 4.69) is 5.32 Å². The van der Waals surface area contributed by atoms with Gasteiger partial charge in [0.05, 0.1) is 12.7 Å². The lowest BCUT2D eigenvalue weighted by Gasteiger charge is -2.09. The van der Waals surface area contributed by atoms with Crippen LogP contribution in [-0.2, 0) is 9.53 Å². The van der Waals surface area contributed by atoms with E-state index in [9.17, 15) is 14.4 Å². The number of nitrogens with one attached hydrogen (secondary N) is 1. The summed E-state index contributed by atoms with van der Waals surface area (Å²) in [6.45, 7) is 1.69. The molecule has 0 aliphatic carbocycles. The number of anilines is 1. The van der Waals surface area contributed by atoms with Crippen LogP contribution in [0.3, 0.4) is 0 Å². The van der Waals surface area contributed by atoms with Gasteiger partial charge in [-0.25, -0.2) is 0 Å². The molecule has 6 heteroatoms. The Kier molecular flexibility index (Phi) is 6.02. The van der Waals surface area contributed by atoms with E-state index in [0.29, 0.717) is 11.3 Å². The number of ether oxygens (including phenoxy) is 1. The van der Waals surface area contributed by atoms with Crippen molar-refractivity contribution in [3.63, 3.8) is 0 Å². The van der Waals surface area contributed by atoms with Gasteiger partial charge in [0.2, 0.25) is 5.92 Å². The van der Waals surface area contributed by atoms with Gasteiger partial charge in [0.25, 0.3) is 5.91 Å². The Morgan fingerprint density at radius 1 is 1.04 bits per heavy atom. The molecule has 0 saturated carbocycles. The van der Waals surface area contributed by atoms with Crippen molar-refractivity contribution in [2.24, 2.45) is 5.92 Å². The molecule has 0 aliphatic rings. The maximum atomic E-state index is 12.2. The van der Waals surface area contributed by atoms with Gasteiger partial charge in [0, 0.05) is 16.8 Å². The molecule has 6 nitrogen and oxygen atoms in total. The van der Waals surface area contributed by atoms with Crippen molar-refractivity contribution in [1.29, 1.82) is 5.26 Å². The second kappa shape index (κ2) is 8.41. The Labute approximate surface area is 145 Å². The molecule has 0 bridgehead atoms. The third-order valence-corrected chi connectivity index (χ3v) is 3.38. The maximum Gasteiger partial charge on any atom is 0.331 e. The van der Waals surface area contributed by atoms with Gasteiger partial charge in [-0.05, 0) is 43.3 Å². The second-order valence-corrected chi connectivity index (χ2v) is 5.08. The van der Waals surface area contributed by atoms with Crippen LogP contribution in [0.2, 0.25) is 0 Å². The number of carbonyl (C=O) groups is 3. The summed E-state index contributed by atoms with van der Waals surface area (Å²) in [6.07, 6.45) is 0. The number of benzene rings is 2. The van der Waals surface area contributed by atoms with Crippen LogP contribution < -0.4 is 5.32 Å². The summed E-state index contributed by atoms with van der Waals surface area (Å²) in [7, 11) is 0. The van der Waals surface area contributed by atoms with Gasteiger partial charge in [0.15, 0.2) is 5.78 Å². The van der Waals surface area contributed by atoms with Crippen molar-refractivity contribution in [2.45, 2.75) is 6.92 Å². The quantitative estimate of drug-likeness (QED) is 0.497. The Morgan fingerprint density at radius 3 is 2.24 bits per heavy atom. The molecule has 0 radical (unpaired) electrons. The summed E-state index contributed by atoms with van der Waals surface area (Å²) >= 11 is 0. The molecule has 1 unspecified atom stereocenters. The van der Waals surface area contributed by atoms with Gasteiger partial charge in [0.1, 0.15) is 0 Å². The molecule has 0 saturated heterocycles. The molecule has 0 heterocycles. The van der Waals surface area contributed by atoms with Gasteiger partial charge in [-0.2, -0.15) is 5.26 Å². The van der Waals surface area contributed by atoms with E-state index in [1.807, 2.05) is 6.07 Å². The minimum atomic E-state index is -1.50. The highest BCUT2D eigenvalue weighted by Gasteiger charge is 2.28.